The van der Waals surface area contributed by atoms with Crippen molar-refractivity contribution in [1.29, 1.82) is 0 Å². The molecule has 0 aromatic heterocycles. The van der Waals surface area contributed by atoms with E-state index < -0.39 is 58.0 Å². The molecule has 33 heavy (non-hydrogen) atoms. The minimum atomic E-state index is -1.74. The number of alkyl halides is 3. The van der Waals surface area contributed by atoms with E-state index in [4.69, 9.17) is 44.3 Å². The quantitative estimate of drug-likeness (QED) is 0.263. The van der Waals surface area contributed by atoms with Crippen LogP contribution in [0.5, 0.6) is 0 Å². The van der Waals surface area contributed by atoms with Crippen LogP contribution in [0, 0.1) is 0 Å². The summed E-state index contributed by atoms with van der Waals surface area (Å²) < 4.78 is 8.38. The number of hydrazine groups is 1. The van der Waals surface area contributed by atoms with E-state index in [9.17, 15) is 19.2 Å². The maximum absolute atomic E-state index is 12.8. The molecule has 0 unspecified atom stereocenters. The Morgan fingerprint density at radius 2 is 1.79 bits per heavy atom. The summed E-state index contributed by atoms with van der Waals surface area (Å²) in [4.78, 5) is 49.8. The third-order valence-corrected chi connectivity index (χ3v) is 4.59. The van der Waals surface area contributed by atoms with Crippen LogP contribution in [0.3, 0.4) is 0 Å². The van der Waals surface area contributed by atoms with Crippen molar-refractivity contribution < 1.29 is 28.7 Å². The molecule has 0 aliphatic carbocycles. The summed E-state index contributed by atoms with van der Waals surface area (Å²) in [5.74, 6) is -1.79. The zero-order valence-electron chi connectivity index (χ0n) is 19.3. The zero-order valence-corrected chi connectivity index (χ0v) is 21.6. The second-order valence-corrected chi connectivity index (χ2v) is 11.2. The number of ether oxygens (including phenoxy) is 2. The molecular weight excluding hydrogens is 499 g/mol. The van der Waals surface area contributed by atoms with Gasteiger partial charge in [0.25, 0.3) is 5.91 Å². The van der Waals surface area contributed by atoms with Crippen molar-refractivity contribution in [3.63, 3.8) is 0 Å². The van der Waals surface area contributed by atoms with E-state index in [-0.39, 0.29) is 0 Å². The third-order valence-electron chi connectivity index (χ3n) is 4.26. The van der Waals surface area contributed by atoms with Crippen LogP contribution in [-0.4, -0.2) is 69.6 Å². The molecule has 188 valence electrons. The number of amides is 3. The molecule has 1 saturated heterocycles. The second kappa shape index (κ2) is 12.1. The Labute approximate surface area is 208 Å². The topological polar surface area (TPSA) is 126 Å². The van der Waals surface area contributed by atoms with Crippen molar-refractivity contribution in [2.75, 3.05) is 13.2 Å². The fourth-order valence-electron chi connectivity index (χ4n) is 2.80. The van der Waals surface area contributed by atoms with Gasteiger partial charge in [-0.05, 0) is 53.0 Å². The molecule has 0 bridgehead atoms. The molecule has 0 aromatic carbocycles. The Balaban J connectivity index is 2.71. The van der Waals surface area contributed by atoms with Crippen molar-refractivity contribution in [1.82, 2.24) is 21.1 Å². The summed E-state index contributed by atoms with van der Waals surface area (Å²) in [6, 6.07) is -2.88. The molecule has 1 fully saturated rings. The average Bonchev–Trinajstić information content (AvgIpc) is 2.67. The molecule has 13 heteroatoms. The molecule has 0 saturated carbocycles. The summed E-state index contributed by atoms with van der Waals surface area (Å²) >= 11 is 16.8. The first-order chi connectivity index (χ1) is 15.0. The number of nitrogens with one attached hydrogen (secondary N) is 3. The Kier molecular flexibility index (Phi) is 10.7. The van der Waals surface area contributed by atoms with Gasteiger partial charge in [0.15, 0.2) is 0 Å². The normalized spacial score (nSPS) is 18.5. The molecule has 1 rings (SSSR count). The number of esters is 1. The first kappa shape index (κ1) is 29.3. The van der Waals surface area contributed by atoms with Crippen molar-refractivity contribution in [2.45, 2.75) is 75.0 Å². The van der Waals surface area contributed by atoms with E-state index >= 15 is 0 Å². The van der Waals surface area contributed by atoms with Crippen LogP contribution in [0.25, 0.3) is 0 Å². The number of halogens is 3. The van der Waals surface area contributed by atoms with E-state index in [1.54, 1.807) is 27.7 Å². The largest absolute Gasteiger partial charge is 0.460 e. The molecule has 3 atom stereocenters. The van der Waals surface area contributed by atoms with Crippen molar-refractivity contribution >= 4 is 58.7 Å². The van der Waals surface area contributed by atoms with E-state index in [0.717, 1.165) is 0 Å². The first-order valence-corrected chi connectivity index (χ1v) is 11.4. The van der Waals surface area contributed by atoms with Crippen molar-refractivity contribution in [3.05, 3.63) is 12.2 Å². The summed E-state index contributed by atoms with van der Waals surface area (Å²) in [7, 11) is 0. The maximum Gasteiger partial charge on any atom is 0.408 e. The SMILES string of the molecule is C=C(C)[C@H](NC(=O)OC(C)(C)C)C(=O)N[C@@H](C)C(=O)N1CCC[C@@H](C(=O)OCC(Cl)(Cl)Cl)N1. The first-order valence-electron chi connectivity index (χ1n) is 10.3. The lowest BCUT2D eigenvalue weighted by Crippen LogP contribution is -2.60. The third kappa shape index (κ3) is 10.8. The van der Waals surface area contributed by atoms with Crippen LogP contribution in [0.15, 0.2) is 12.2 Å². The highest BCUT2D eigenvalue weighted by molar-refractivity contribution is 6.67. The molecule has 1 heterocycles. The number of nitrogens with zero attached hydrogens (tertiary/aromatic N) is 1. The van der Waals surface area contributed by atoms with Crippen LogP contribution in [0.2, 0.25) is 0 Å². The number of hydrogen-bond donors (Lipinski definition) is 3. The van der Waals surface area contributed by atoms with Gasteiger partial charge in [-0.3, -0.25) is 19.4 Å². The monoisotopic (exact) mass is 528 g/mol. The molecule has 3 N–H and O–H groups in total. The Bertz CT molecular complexity index is 766. The summed E-state index contributed by atoms with van der Waals surface area (Å²) in [5, 5.41) is 6.21. The van der Waals surface area contributed by atoms with Gasteiger partial charge in [-0.2, -0.15) is 0 Å². The fourth-order valence-corrected chi connectivity index (χ4v) is 2.96. The van der Waals surface area contributed by atoms with E-state index in [1.807, 2.05) is 0 Å². The summed E-state index contributed by atoms with van der Waals surface area (Å²) in [6.07, 6.45) is 0.140. The molecule has 0 spiro atoms. The van der Waals surface area contributed by atoms with Crippen LogP contribution in [0.1, 0.15) is 47.5 Å². The lowest BCUT2D eigenvalue weighted by Gasteiger charge is -2.34. The maximum atomic E-state index is 12.8. The predicted octanol–water partition coefficient (Wildman–Crippen LogP) is 2.37. The van der Waals surface area contributed by atoms with Gasteiger partial charge in [0.2, 0.25) is 9.70 Å². The Hall–Kier alpha value is -1.75. The Morgan fingerprint density at radius 1 is 1.18 bits per heavy atom. The second-order valence-electron chi connectivity index (χ2n) is 8.69. The highest BCUT2D eigenvalue weighted by Gasteiger charge is 2.34. The fraction of sp³-hybridized carbons (Fsp3) is 0.700. The average molecular weight is 530 g/mol. The summed E-state index contributed by atoms with van der Waals surface area (Å²) in [5.41, 5.74) is 2.38. The molecule has 10 nitrogen and oxygen atoms in total. The standard InChI is InChI=1S/C20H31Cl3N4O6/c1-11(2)14(25-18(31)33-19(4,5)6)15(28)24-12(3)16(29)27-9-7-8-13(26-27)17(30)32-10-20(21,22)23/h12-14,26H,1,7-10H2,2-6H3,(H,24,28)(H,25,31)/t12-,13-,14-/m0/s1. The zero-order chi connectivity index (χ0) is 25.6. The number of carbonyl (C=O) groups excluding carboxylic acids is 4. The molecule has 3 amide bonds. The molecule has 0 radical (unpaired) electrons. The lowest BCUT2D eigenvalue weighted by molar-refractivity contribution is -0.152. The number of carbonyl (C=O) groups is 4. The summed E-state index contributed by atoms with van der Waals surface area (Å²) in [6.45, 7) is 11.7. The lowest BCUT2D eigenvalue weighted by atomic mass is 10.1. The highest BCUT2D eigenvalue weighted by atomic mass is 35.6. The van der Waals surface area contributed by atoms with Crippen LogP contribution < -0.4 is 16.1 Å². The molecule has 0 aromatic rings. The van der Waals surface area contributed by atoms with E-state index in [2.05, 4.69) is 22.6 Å². The minimum absolute atomic E-state index is 0.313. The number of rotatable bonds is 7. The molecule has 1 aliphatic rings. The predicted molar refractivity (Wildman–Crippen MR) is 125 cm³/mol. The van der Waals surface area contributed by atoms with E-state index in [0.29, 0.717) is 25.0 Å². The van der Waals surface area contributed by atoms with E-state index in [1.165, 1.54) is 11.9 Å². The Morgan fingerprint density at radius 3 is 2.30 bits per heavy atom. The molecule has 1 aliphatic heterocycles. The minimum Gasteiger partial charge on any atom is -0.460 e. The van der Waals surface area contributed by atoms with Gasteiger partial charge in [-0.1, -0.05) is 41.4 Å². The number of alkyl carbamates (subject to hydrolysis) is 1. The van der Waals surface area contributed by atoms with Gasteiger partial charge >= 0.3 is 12.1 Å². The number of hydrogen-bond acceptors (Lipinski definition) is 7. The van der Waals surface area contributed by atoms with Crippen LogP contribution in [-0.2, 0) is 23.9 Å². The molecular formula is C20H31Cl3N4O6. The van der Waals surface area contributed by atoms with Gasteiger partial charge in [0, 0.05) is 6.54 Å². The van der Waals surface area contributed by atoms with Crippen LogP contribution >= 0.6 is 34.8 Å². The van der Waals surface area contributed by atoms with Crippen molar-refractivity contribution in [3.8, 4) is 0 Å². The van der Waals surface area contributed by atoms with Gasteiger partial charge in [0.1, 0.15) is 30.3 Å². The van der Waals surface area contributed by atoms with Crippen LogP contribution in [0.4, 0.5) is 4.79 Å². The van der Waals surface area contributed by atoms with Gasteiger partial charge in [-0.15, -0.1) is 0 Å². The van der Waals surface area contributed by atoms with Gasteiger partial charge in [0.05, 0.1) is 0 Å². The highest BCUT2D eigenvalue weighted by Crippen LogP contribution is 2.26. The van der Waals surface area contributed by atoms with Gasteiger partial charge < -0.3 is 20.1 Å². The smallest absolute Gasteiger partial charge is 0.408 e. The van der Waals surface area contributed by atoms with Gasteiger partial charge in [-0.25, -0.2) is 10.2 Å². The van der Waals surface area contributed by atoms with Crippen molar-refractivity contribution in [2.24, 2.45) is 0 Å².